The fourth-order valence-corrected chi connectivity index (χ4v) is 2.89. The van der Waals surface area contributed by atoms with Crippen LogP contribution in [0.3, 0.4) is 0 Å². The van der Waals surface area contributed by atoms with Crippen LogP contribution in [0.4, 0.5) is 0 Å². The number of sulfonamides is 1. The SMILES string of the molecule is O=S(=O)(NCc1ccc(Br)cc1)c1ccc(Cl)cc1. The van der Waals surface area contributed by atoms with E-state index < -0.39 is 10.0 Å². The first-order chi connectivity index (χ1) is 8.97. The van der Waals surface area contributed by atoms with Gasteiger partial charge in [0.25, 0.3) is 0 Å². The molecule has 2 aromatic rings. The molecule has 0 spiro atoms. The zero-order valence-corrected chi connectivity index (χ0v) is 13.0. The molecule has 0 saturated carbocycles. The number of halogens is 2. The van der Waals surface area contributed by atoms with Crippen molar-refractivity contribution in [3.05, 3.63) is 63.6 Å². The number of hydrogen-bond donors (Lipinski definition) is 1. The van der Waals surface area contributed by atoms with E-state index in [-0.39, 0.29) is 11.4 Å². The van der Waals surface area contributed by atoms with Crippen LogP contribution in [0.1, 0.15) is 5.56 Å². The van der Waals surface area contributed by atoms with Crippen LogP contribution >= 0.6 is 27.5 Å². The lowest BCUT2D eigenvalue weighted by Gasteiger charge is -2.07. The minimum Gasteiger partial charge on any atom is -0.207 e. The molecule has 100 valence electrons. The summed E-state index contributed by atoms with van der Waals surface area (Å²) >= 11 is 9.06. The summed E-state index contributed by atoms with van der Waals surface area (Å²) in [5.74, 6) is 0. The van der Waals surface area contributed by atoms with Crippen LogP contribution in [0.15, 0.2) is 57.9 Å². The first-order valence-electron chi connectivity index (χ1n) is 5.47. The van der Waals surface area contributed by atoms with Gasteiger partial charge in [-0.15, -0.1) is 0 Å². The van der Waals surface area contributed by atoms with E-state index in [9.17, 15) is 8.42 Å². The molecule has 0 aliphatic carbocycles. The zero-order valence-electron chi connectivity index (χ0n) is 9.81. The van der Waals surface area contributed by atoms with E-state index in [2.05, 4.69) is 20.7 Å². The molecule has 0 aliphatic rings. The van der Waals surface area contributed by atoms with Crippen molar-refractivity contribution in [1.29, 1.82) is 0 Å². The van der Waals surface area contributed by atoms with Gasteiger partial charge in [-0.2, -0.15) is 0 Å². The number of rotatable bonds is 4. The zero-order chi connectivity index (χ0) is 13.9. The van der Waals surface area contributed by atoms with Gasteiger partial charge in [-0.05, 0) is 42.0 Å². The van der Waals surface area contributed by atoms with Crippen molar-refractivity contribution >= 4 is 37.6 Å². The Morgan fingerprint density at radius 2 is 1.58 bits per heavy atom. The highest BCUT2D eigenvalue weighted by atomic mass is 79.9. The van der Waals surface area contributed by atoms with Crippen LogP contribution in [0.2, 0.25) is 5.02 Å². The van der Waals surface area contributed by atoms with Crippen molar-refractivity contribution in [2.45, 2.75) is 11.4 Å². The van der Waals surface area contributed by atoms with Gasteiger partial charge in [-0.25, -0.2) is 13.1 Å². The Bertz CT molecular complexity index is 654. The van der Waals surface area contributed by atoms with Gasteiger partial charge in [0, 0.05) is 16.0 Å². The summed E-state index contributed by atoms with van der Waals surface area (Å²) in [4.78, 5) is 0.203. The molecule has 0 aromatic heterocycles. The van der Waals surface area contributed by atoms with Gasteiger partial charge in [-0.1, -0.05) is 39.7 Å². The van der Waals surface area contributed by atoms with E-state index in [1.54, 1.807) is 12.1 Å². The van der Waals surface area contributed by atoms with Gasteiger partial charge in [0.15, 0.2) is 0 Å². The lowest BCUT2D eigenvalue weighted by atomic mass is 10.2. The maximum atomic E-state index is 12.0. The monoisotopic (exact) mass is 359 g/mol. The lowest BCUT2D eigenvalue weighted by molar-refractivity contribution is 0.581. The summed E-state index contributed by atoms with van der Waals surface area (Å²) in [6, 6.07) is 13.5. The molecule has 0 aliphatic heterocycles. The van der Waals surface area contributed by atoms with Crippen LogP contribution < -0.4 is 4.72 Å². The molecule has 19 heavy (non-hydrogen) atoms. The molecule has 2 aromatic carbocycles. The third-order valence-corrected chi connectivity index (χ3v) is 4.70. The van der Waals surface area contributed by atoms with Gasteiger partial charge >= 0.3 is 0 Å². The molecular formula is C13H11BrClNO2S. The van der Waals surface area contributed by atoms with Gasteiger partial charge < -0.3 is 0 Å². The minimum absolute atomic E-state index is 0.203. The maximum absolute atomic E-state index is 12.0. The van der Waals surface area contributed by atoms with Crippen LogP contribution in [-0.2, 0) is 16.6 Å². The Labute approximate surface area is 125 Å². The van der Waals surface area contributed by atoms with Gasteiger partial charge in [-0.3, -0.25) is 0 Å². The second kappa shape index (κ2) is 6.05. The molecule has 0 atom stereocenters. The van der Waals surface area contributed by atoms with Gasteiger partial charge in [0.05, 0.1) is 4.90 Å². The summed E-state index contributed by atoms with van der Waals surface area (Å²) in [6.45, 7) is 0.248. The number of hydrogen-bond acceptors (Lipinski definition) is 2. The summed E-state index contributed by atoms with van der Waals surface area (Å²) in [6.07, 6.45) is 0. The van der Waals surface area contributed by atoms with E-state index in [1.807, 2.05) is 24.3 Å². The number of benzene rings is 2. The largest absolute Gasteiger partial charge is 0.240 e. The maximum Gasteiger partial charge on any atom is 0.240 e. The van der Waals surface area contributed by atoms with Crippen molar-refractivity contribution in [2.75, 3.05) is 0 Å². The van der Waals surface area contributed by atoms with Crippen molar-refractivity contribution in [2.24, 2.45) is 0 Å². The second-order valence-corrected chi connectivity index (χ2v) is 7.02. The molecule has 0 amide bonds. The van der Waals surface area contributed by atoms with Crippen molar-refractivity contribution in [3.8, 4) is 0 Å². The molecule has 0 heterocycles. The molecule has 0 bridgehead atoms. The van der Waals surface area contributed by atoms with E-state index in [4.69, 9.17) is 11.6 Å². The van der Waals surface area contributed by atoms with E-state index >= 15 is 0 Å². The van der Waals surface area contributed by atoms with Gasteiger partial charge in [0.2, 0.25) is 10.0 Å². The quantitative estimate of drug-likeness (QED) is 0.906. The van der Waals surface area contributed by atoms with E-state index in [1.165, 1.54) is 12.1 Å². The smallest absolute Gasteiger partial charge is 0.207 e. The molecule has 6 heteroatoms. The Kier molecular flexibility index (Phi) is 4.62. The summed E-state index contributed by atoms with van der Waals surface area (Å²) in [5, 5.41) is 0.506. The average Bonchev–Trinajstić information content (AvgIpc) is 2.39. The third-order valence-electron chi connectivity index (χ3n) is 2.50. The van der Waals surface area contributed by atoms with Crippen LogP contribution in [0.25, 0.3) is 0 Å². The Hall–Kier alpha value is -0.880. The molecule has 2 rings (SSSR count). The van der Waals surface area contributed by atoms with Crippen molar-refractivity contribution < 1.29 is 8.42 Å². The third kappa shape index (κ3) is 4.04. The Morgan fingerprint density at radius 3 is 2.16 bits per heavy atom. The van der Waals surface area contributed by atoms with E-state index in [0.29, 0.717) is 5.02 Å². The molecule has 0 radical (unpaired) electrons. The standard InChI is InChI=1S/C13H11BrClNO2S/c14-11-3-1-10(2-4-11)9-16-19(17,18)13-7-5-12(15)6-8-13/h1-8,16H,9H2. The highest BCUT2D eigenvalue weighted by Crippen LogP contribution is 2.15. The fourth-order valence-electron chi connectivity index (χ4n) is 1.48. The molecule has 0 unspecified atom stereocenters. The summed E-state index contributed by atoms with van der Waals surface area (Å²) in [7, 11) is -3.51. The van der Waals surface area contributed by atoms with E-state index in [0.717, 1.165) is 10.0 Å². The molecule has 0 fully saturated rings. The predicted molar refractivity (Wildman–Crippen MR) is 79.6 cm³/mol. The molecule has 0 saturated heterocycles. The van der Waals surface area contributed by atoms with Gasteiger partial charge in [0.1, 0.15) is 0 Å². The Morgan fingerprint density at radius 1 is 1.00 bits per heavy atom. The summed E-state index contributed by atoms with van der Waals surface area (Å²) < 4.78 is 27.5. The molecule has 1 N–H and O–H groups in total. The topological polar surface area (TPSA) is 46.2 Å². The first-order valence-corrected chi connectivity index (χ1v) is 8.12. The normalized spacial score (nSPS) is 11.5. The molecular weight excluding hydrogens is 350 g/mol. The fraction of sp³-hybridized carbons (Fsp3) is 0.0769. The van der Waals surface area contributed by atoms with Crippen LogP contribution in [-0.4, -0.2) is 8.42 Å². The first kappa shape index (κ1) is 14.5. The molecule has 3 nitrogen and oxygen atoms in total. The summed E-state index contributed by atoms with van der Waals surface area (Å²) in [5.41, 5.74) is 0.890. The lowest BCUT2D eigenvalue weighted by Crippen LogP contribution is -2.23. The second-order valence-electron chi connectivity index (χ2n) is 3.90. The average molecular weight is 361 g/mol. The predicted octanol–water partition coefficient (Wildman–Crippen LogP) is 3.58. The highest BCUT2D eigenvalue weighted by Gasteiger charge is 2.13. The van der Waals surface area contributed by atoms with Crippen LogP contribution in [0, 0.1) is 0 Å². The Balaban J connectivity index is 2.09. The van der Waals surface area contributed by atoms with Crippen molar-refractivity contribution in [3.63, 3.8) is 0 Å². The van der Waals surface area contributed by atoms with Crippen molar-refractivity contribution in [1.82, 2.24) is 4.72 Å². The minimum atomic E-state index is -3.51. The highest BCUT2D eigenvalue weighted by molar-refractivity contribution is 9.10. The number of nitrogens with one attached hydrogen (secondary N) is 1. The van der Waals surface area contributed by atoms with Crippen LogP contribution in [0.5, 0.6) is 0 Å².